The zero-order chi connectivity index (χ0) is 9.31. The first kappa shape index (κ1) is 9.47. The maximum Gasteiger partial charge on any atom is 0.0359 e. The molecule has 0 amide bonds. The number of nitrogens with zero attached hydrogens (tertiary/aromatic N) is 1. The van der Waals surface area contributed by atoms with Crippen LogP contribution in [-0.2, 0) is 0 Å². The molecule has 0 aromatic carbocycles. The maximum atomic E-state index is 3.39. The Bertz CT molecular complexity index is 177. The van der Waals surface area contributed by atoms with Crippen molar-refractivity contribution in [3.8, 4) is 0 Å². The second kappa shape index (κ2) is 3.58. The molecule has 0 aromatic rings. The minimum atomic E-state index is 0.521. The normalized spacial score (nSPS) is 36.5. The Morgan fingerprint density at radius 3 is 2.54 bits per heavy atom. The van der Waals surface area contributed by atoms with E-state index in [0.29, 0.717) is 5.54 Å². The number of hydrogen-bond acceptors (Lipinski definition) is 2. The second-order valence-corrected chi connectivity index (χ2v) is 4.79. The molecule has 0 radical (unpaired) electrons. The van der Waals surface area contributed by atoms with E-state index in [0.717, 1.165) is 5.92 Å². The highest BCUT2D eigenvalue weighted by Gasteiger charge is 2.46. The lowest BCUT2D eigenvalue weighted by Crippen LogP contribution is -2.55. The second-order valence-electron chi connectivity index (χ2n) is 4.79. The first-order valence-corrected chi connectivity index (χ1v) is 5.65. The Balaban J connectivity index is 2.08. The monoisotopic (exact) mass is 182 g/mol. The van der Waals surface area contributed by atoms with Gasteiger partial charge < -0.3 is 5.32 Å². The lowest BCUT2D eigenvalue weighted by atomic mass is 9.69. The van der Waals surface area contributed by atoms with Crippen LogP contribution in [0.2, 0.25) is 0 Å². The smallest absolute Gasteiger partial charge is 0.0359 e. The van der Waals surface area contributed by atoms with Gasteiger partial charge in [-0.15, -0.1) is 0 Å². The fourth-order valence-corrected chi connectivity index (χ4v) is 3.17. The molecule has 1 aliphatic carbocycles. The molecule has 2 nitrogen and oxygen atoms in total. The highest BCUT2D eigenvalue weighted by molar-refractivity contribution is 5.03. The van der Waals surface area contributed by atoms with Gasteiger partial charge in [0.05, 0.1) is 0 Å². The highest BCUT2D eigenvalue weighted by atomic mass is 15.2. The van der Waals surface area contributed by atoms with Crippen molar-refractivity contribution in [2.24, 2.45) is 5.92 Å². The highest BCUT2D eigenvalue weighted by Crippen LogP contribution is 2.44. The largest absolute Gasteiger partial charge is 0.318 e. The molecule has 2 rings (SSSR count). The third-order valence-corrected chi connectivity index (χ3v) is 4.21. The van der Waals surface area contributed by atoms with E-state index in [9.17, 15) is 0 Å². The first-order chi connectivity index (χ1) is 6.29. The molecule has 1 unspecified atom stereocenters. The maximum absolute atomic E-state index is 3.39. The summed E-state index contributed by atoms with van der Waals surface area (Å²) in [6.45, 7) is 2.49. The number of nitrogens with one attached hydrogen (secondary N) is 1. The molecule has 1 saturated carbocycles. The van der Waals surface area contributed by atoms with Gasteiger partial charge in [0.15, 0.2) is 0 Å². The Hall–Kier alpha value is -0.0800. The Labute approximate surface area is 81.7 Å². The molecule has 2 heteroatoms. The zero-order valence-corrected chi connectivity index (χ0v) is 8.97. The lowest BCUT2D eigenvalue weighted by molar-refractivity contribution is 0.0485. The van der Waals surface area contributed by atoms with Crippen molar-refractivity contribution in [1.29, 1.82) is 0 Å². The fraction of sp³-hybridized carbons (Fsp3) is 1.00. The van der Waals surface area contributed by atoms with Crippen LogP contribution in [0.4, 0.5) is 0 Å². The summed E-state index contributed by atoms with van der Waals surface area (Å²) in [5.41, 5.74) is 0.521. The third kappa shape index (κ3) is 1.40. The minimum Gasteiger partial charge on any atom is -0.318 e. The zero-order valence-electron chi connectivity index (χ0n) is 8.97. The van der Waals surface area contributed by atoms with Gasteiger partial charge in [-0.2, -0.15) is 0 Å². The van der Waals surface area contributed by atoms with Crippen molar-refractivity contribution >= 4 is 0 Å². The number of hydrogen-bond donors (Lipinski definition) is 1. The van der Waals surface area contributed by atoms with E-state index < -0.39 is 0 Å². The van der Waals surface area contributed by atoms with Crippen molar-refractivity contribution in [2.45, 2.75) is 37.6 Å². The summed E-state index contributed by atoms with van der Waals surface area (Å²) >= 11 is 0. The molecule has 0 spiro atoms. The molecular weight excluding hydrogens is 160 g/mol. The SMILES string of the molecule is CNCC1(C2CCC2)CCCN1C. The molecule has 1 atom stereocenters. The quantitative estimate of drug-likeness (QED) is 0.711. The molecule has 2 fully saturated rings. The molecule has 1 aliphatic heterocycles. The summed E-state index contributed by atoms with van der Waals surface area (Å²) in [7, 11) is 4.40. The third-order valence-electron chi connectivity index (χ3n) is 4.21. The van der Waals surface area contributed by atoms with Crippen molar-refractivity contribution < 1.29 is 0 Å². The lowest BCUT2D eigenvalue weighted by Gasteiger charge is -2.47. The van der Waals surface area contributed by atoms with Gasteiger partial charge in [-0.3, -0.25) is 4.90 Å². The first-order valence-electron chi connectivity index (χ1n) is 5.65. The van der Waals surface area contributed by atoms with Crippen LogP contribution in [0.15, 0.2) is 0 Å². The number of likely N-dealkylation sites (N-methyl/N-ethyl adjacent to an activating group) is 2. The topological polar surface area (TPSA) is 15.3 Å². The predicted octanol–water partition coefficient (Wildman–Crippen LogP) is 1.47. The van der Waals surface area contributed by atoms with Crippen molar-refractivity contribution in [3.05, 3.63) is 0 Å². The predicted molar refractivity (Wildman–Crippen MR) is 55.9 cm³/mol. The van der Waals surface area contributed by atoms with Crippen molar-refractivity contribution in [3.63, 3.8) is 0 Å². The van der Waals surface area contributed by atoms with Crippen LogP contribution in [0.5, 0.6) is 0 Å². The molecule has 76 valence electrons. The van der Waals surface area contributed by atoms with E-state index in [-0.39, 0.29) is 0 Å². The van der Waals surface area contributed by atoms with Gasteiger partial charge >= 0.3 is 0 Å². The summed E-state index contributed by atoms with van der Waals surface area (Å²) in [6, 6.07) is 0. The summed E-state index contributed by atoms with van der Waals surface area (Å²) in [5.74, 6) is 0.979. The van der Waals surface area contributed by atoms with Crippen LogP contribution >= 0.6 is 0 Å². The van der Waals surface area contributed by atoms with Crippen molar-refractivity contribution in [1.82, 2.24) is 10.2 Å². The summed E-state index contributed by atoms with van der Waals surface area (Å²) < 4.78 is 0. The molecule has 1 N–H and O–H groups in total. The van der Waals surface area contributed by atoms with Crippen LogP contribution in [0, 0.1) is 5.92 Å². The summed E-state index contributed by atoms with van der Waals surface area (Å²) in [5, 5.41) is 3.39. The molecule has 0 aromatic heterocycles. The van der Waals surface area contributed by atoms with Gasteiger partial charge in [-0.05, 0) is 52.2 Å². The van der Waals surface area contributed by atoms with E-state index in [1.165, 1.54) is 45.2 Å². The average molecular weight is 182 g/mol. The van der Waals surface area contributed by atoms with Crippen LogP contribution in [-0.4, -0.2) is 37.6 Å². The van der Waals surface area contributed by atoms with E-state index in [1.807, 2.05) is 0 Å². The van der Waals surface area contributed by atoms with E-state index in [4.69, 9.17) is 0 Å². The van der Waals surface area contributed by atoms with Crippen LogP contribution in [0.1, 0.15) is 32.1 Å². The average Bonchev–Trinajstić information content (AvgIpc) is 2.31. The molecular formula is C11H22N2. The van der Waals surface area contributed by atoms with Crippen LogP contribution < -0.4 is 5.32 Å². The molecule has 0 bridgehead atoms. The number of rotatable bonds is 3. The summed E-state index contributed by atoms with van der Waals surface area (Å²) in [6.07, 6.45) is 7.20. The summed E-state index contributed by atoms with van der Waals surface area (Å²) in [4.78, 5) is 2.60. The van der Waals surface area contributed by atoms with Gasteiger partial charge in [0.2, 0.25) is 0 Å². The Kier molecular flexibility index (Phi) is 2.61. The van der Waals surface area contributed by atoms with Crippen LogP contribution in [0.25, 0.3) is 0 Å². The number of likely N-dealkylation sites (tertiary alicyclic amines) is 1. The van der Waals surface area contributed by atoms with E-state index in [2.05, 4.69) is 24.3 Å². The van der Waals surface area contributed by atoms with Gasteiger partial charge in [-0.25, -0.2) is 0 Å². The molecule has 1 heterocycles. The van der Waals surface area contributed by atoms with Gasteiger partial charge in [-0.1, -0.05) is 6.42 Å². The molecule has 1 saturated heterocycles. The van der Waals surface area contributed by atoms with Crippen molar-refractivity contribution in [2.75, 3.05) is 27.2 Å². The molecule has 2 aliphatic rings. The van der Waals surface area contributed by atoms with E-state index in [1.54, 1.807) is 0 Å². The minimum absolute atomic E-state index is 0.521. The van der Waals surface area contributed by atoms with Gasteiger partial charge in [0.1, 0.15) is 0 Å². The molecule has 13 heavy (non-hydrogen) atoms. The Morgan fingerprint density at radius 2 is 2.15 bits per heavy atom. The van der Waals surface area contributed by atoms with Gasteiger partial charge in [0, 0.05) is 12.1 Å². The van der Waals surface area contributed by atoms with E-state index >= 15 is 0 Å². The standard InChI is InChI=1S/C11H22N2/c1-12-9-11(10-5-3-6-10)7-4-8-13(11)2/h10,12H,3-9H2,1-2H3. The Morgan fingerprint density at radius 1 is 1.38 bits per heavy atom. The van der Waals surface area contributed by atoms with Gasteiger partial charge in [0.25, 0.3) is 0 Å². The fourth-order valence-electron chi connectivity index (χ4n) is 3.17. The van der Waals surface area contributed by atoms with Crippen LogP contribution in [0.3, 0.4) is 0 Å².